The van der Waals surface area contributed by atoms with Crippen LogP contribution in [0.5, 0.6) is 5.75 Å². The molecule has 0 aromatic carbocycles. The number of methoxy groups -OCH3 is 1. The van der Waals surface area contributed by atoms with Crippen LogP contribution in [0.3, 0.4) is 0 Å². The molecular weight excluding hydrogens is 401 g/mol. The van der Waals surface area contributed by atoms with Gasteiger partial charge in [0.2, 0.25) is 0 Å². The smallest absolute Gasteiger partial charge is 0.420 e. The van der Waals surface area contributed by atoms with E-state index in [-0.39, 0.29) is 18.1 Å². The van der Waals surface area contributed by atoms with Crippen LogP contribution in [0, 0.1) is 0 Å². The molecule has 7 nitrogen and oxygen atoms in total. The van der Waals surface area contributed by atoms with Gasteiger partial charge in [0.05, 0.1) is 24.5 Å². The summed E-state index contributed by atoms with van der Waals surface area (Å²) in [7, 11) is 1.18. The van der Waals surface area contributed by atoms with Crippen molar-refractivity contribution >= 4 is 11.9 Å². The molecule has 0 radical (unpaired) electrons. The number of nitrogens with one attached hydrogen (secondary N) is 1. The molecule has 1 amide bonds. The maximum absolute atomic E-state index is 13.6. The van der Waals surface area contributed by atoms with Crippen molar-refractivity contribution in [2.45, 2.75) is 32.0 Å². The molecule has 3 N–H and O–H groups in total. The number of anilines is 1. The molecular formula is C20H23F3N4O3. The fourth-order valence-electron chi connectivity index (χ4n) is 2.73. The molecule has 0 saturated heterocycles. The standard InChI is InChI=1S/C20H23F3N4O3/c1-12(2)9-19(3,24)11-30-16-10-26-15(8-14(16)20(21,22)23)13-5-6-25-17(7-13)27-18(28)29-4/h5-8,10H,1,9,11,24H2,2-4H3,(H,25,27,28)/t19-/m1/s1. The van der Waals surface area contributed by atoms with E-state index in [2.05, 4.69) is 26.6 Å². The van der Waals surface area contributed by atoms with Crippen molar-refractivity contribution in [2.24, 2.45) is 5.73 Å². The van der Waals surface area contributed by atoms with Crippen molar-refractivity contribution in [1.29, 1.82) is 0 Å². The number of halogens is 3. The first-order valence-electron chi connectivity index (χ1n) is 8.86. The Bertz CT molecular complexity index is 930. The Labute approximate surface area is 172 Å². The molecule has 0 fully saturated rings. The lowest BCUT2D eigenvalue weighted by Gasteiger charge is -2.26. The lowest BCUT2D eigenvalue weighted by atomic mass is 9.96. The van der Waals surface area contributed by atoms with Gasteiger partial charge in [-0.1, -0.05) is 5.57 Å². The first-order chi connectivity index (χ1) is 13.9. The van der Waals surface area contributed by atoms with Gasteiger partial charge in [0.1, 0.15) is 23.7 Å². The van der Waals surface area contributed by atoms with E-state index in [0.717, 1.165) is 17.8 Å². The van der Waals surface area contributed by atoms with Gasteiger partial charge in [-0.25, -0.2) is 9.78 Å². The minimum atomic E-state index is -4.67. The van der Waals surface area contributed by atoms with Crippen molar-refractivity contribution in [1.82, 2.24) is 9.97 Å². The second-order valence-electron chi connectivity index (χ2n) is 7.19. The van der Waals surface area contributed by atoms with E-state index in [1.165, 1.54) is 25.4 Å². The third kappa shape index (κ3) is 6.45. The topological polar surface area (TPSA) is 99.4 Å². The number of rotatable bonds is 7. The van der Waals surface area contributed by atoms with Crippen LogP contribution in [0.25, 0.3) is 11.3 Å². The number of carbonyl (C=O) groups excluding carboxylic acids is 1. The van der Waals surface area contributed by atoms with Crippen LogP contribution >= 0.6 is 0 Å². The average Bonchev–Trinajstić information content (AvgIpc) is 2.64. The summed E-state index contributed by atoms with van der Waals surface area (Å²) >= 11 is 0. The Morgan fingerprint density at radius 3 is 2.60 bits per heavy atom. The summed E-state index contributed by atoms with van der Waals surface area (Å²) < 4.78 is 50.7. The predicted octanol–water partition coefficient (Wildman–Crippen LogP) is 4.40. The Morgan fingerprint density at radius 2 is 2.00 bits per heavy atom. The van der Waals surface area contributed by atoms with Crippen LogP contribution in [-0.2, 0) is 10.9 Å². The number of nitrogens with zero attached hydrogens (tertiary/aromatic N) is 2. The van der Waals surface area contributed by atoms with E-state index >= 15 is 0 Å². The number of carbonyl (C=O) groups is 1. The van der Waals surface area contributed by atoms with Crippen molar-refractivity contribution in [2.75, 3.05) is 19.0 Å². The van der Waals surface area contributed by atoms with Crippen LogP contribution in [0.15, 0.2) is 42.7 Å². The maximum Gasteiger partial charge on any atom is 0.420 e. The number of pyridine rings is 2. The van der Waals surface area contributed by atoms with Crippen LogP contribution in [0.2, 0.25) is 0 Å². The Balaban J connectivity index is 2.34. The molecule has 2 aromatic heterocycles. The number of amides is 1. The van der Waals surface area contributed by atoms with Crippen LogP contribution in [-0.4, -0.2) is 35.3 Å². The number of hydrogen-bond acceptors (Lipinski definition) is 6. The van der Waals surface area contributed by atoms with Gasteiger partial charge in [-0.2, -0.15) is 13.2 Å². The molecule has 1 atom stereocenters. The zero-order chi connectivity index (χ0) is 22.5. The normalized spacial score (nSPS) is 13.3. The van der Waals surface area contributed by atoms with E-state index in [9.17, 15) is 18.0 Å². The summed E-state index contributed by atoms with van der Waals surface area (Å²) in [6.07, 6.45) is -2.70. The summed E-state index contributed by atoms with van der Waals surface area (Å²) in [6, 6.07) is 3.72. The second kappa shape index (κ2) is 9.12. The zero-order valence-electron chi connectivity index (χ0n) is 16.8. The van der Waals surface area contributed by atoms with Gasteiger partial charge < -0.3 is 15.2 Å². The lowest BCUT2D eigenvalue weighted by molar-refractivity contribution is -0.139. The molecule has 0 aliphatic carbocycles. The van der Waals surface area contributed by atoms with Crippen LogP contribution in [0.1, 0.15) is 25.8 Å². The number of alkyl halides is 3. The first-order valence-corrected chi connectivity index (χ1v) is 8.86. The summed E-state index contributed by atoms with van der Waals surface area (Å²) in [5.41, 5.74) is 5.35. The quantitative estimate of drug-likeness (QED) is 0.639. The van der Waals surface area contributed by atoms with Crippen molar-refractivity contribution in [3.8, 4) is 17.0 Å². The van der Waals surface area contributed by atoms with Crippen LogP contribution < -0.4 is 15.8 Å². The van der Waals surface area contributed by atoms with E-state index in [4.69, 9.17) is 10.5 Å². The minimum Gasteiger partial charge on any atom is -0.489 e. The van der Waals surface area contributed by atoms with Gasteiger partial charge in [0, 0.05) is 11.8 Å². The lowest BCUT2D eigenvalue weighted by Crippen LogP contribution is -2.42. The van der Waals surface area contributed by atoms with E-state index in [0.29, 0.717) is 12.0 Å². The highest BCUT2D eigenvalue weighted by Crippen LogP contribution is 2.38. The number of ether oxygens (including phenoxy) is 2. The van der Waals surface area contributed by atoms with E-state index < -0.39 is 29.1 Å². The molecule has 162 valence electrons. The Morgan fingerprint density at radius 1 is 1.30 bits per heavy atom. The van der Waals surface area contributed by atoms with Gasteiger partial charge in [-0.3, -0.25) is 10.3 Å². The monoisotopic (exact) mass is 424 g/mol. The fraction of sp³-hybridized carbons (Fsp3) is 0.350. The molecule has 0 saturated carbocycles. The highest BCUT2D eigenvalue weighted by Gasteiger charge is 2.36. The summed E-state index contributed by atoms with van der Waals surface area (Å²) in [5.74, 6) is -0.319. The summed E-state index contributed by atoms with van der Waals surface area (Å²) in [6.45, 7) is 7.06. The molecule has 2 aromatic rings. The molecule has 10 heteroatoms. The predicted molar refractivity (Wildman–Crippen MR) is 106 cm³/mol. The van der Waals surface area contributed by atoms with Gasteiger partial charge in [0.25, 0.3) is 0 Å². The van der Waals surface area contributed by atoms with Crippen molar-refractivity contribution in [3.05, 3.63) is 48.3 Å². The minimum absolute atomic E-state index is 0.0300. The molecule has 30 heavy (non-hydrogen) atoms. The Kier molecular flexibility index (Phi) is 7.04. The highest BCUT2D eigenvalue weighted by atomic mass is 19.4. The average molecular weight is 424 g/mol. The van der Waals surface area contributed by atoms with Gasteiger partial charge in [-0.05, 0) is 38.5 Å². The summed E-state index contributed by atoms with van der Waals surface area (Å²) in [4.78, 5) is 19.3. The summed E-state index contributed by atoms with van der Waals surface area (Å²) in [5, 5.41) is 2.34. The van der Waals surface area contributed by atoms with Crippen LogP contribution in [0.4, 0.5) is 23.8 Å². The molecule has 0 bridgehead atoms. The molecule has 2 rings (SSSR count). The van der Waals surface area contributed by atoms with Gasteiger partial charge in [0.15, 0.2) is 0 Å². The molecule has 0 spiro atoms. The van der Waals surface area contributed by atoms with Gasteiger partial charge >= 0.3 is 12.3 Å². The molecule has 0 aliphatic heterocycles. The number of aromatic nitrogens is 2. The first kappa shape index (κ1) is 23.1. The van der Waals surface area contributed by atoms with Crippen molar-refractivity contribution < 1.29 is 27.4 Å². The maximum atomic E-state index is 13.6. The fourth-order valence-corrected chi connectivity index (χ4v) is 2.73. The molecule has 0 unspecified atom stereocenters. The third-order valence-electron chi connectivity index (χ3n) is 3.91. The third-order valence-corrected chi connectivity index (χ3v) is 3.91. The zero-order valence-corrected chi connectivity index (χ0v) is 16.8. The SMILES string of the molecule is C=C(C)C[C@@](C)(N)COc1cnc(-c2ccnc(NC(=O)OC)c2)cc1C(F)(F)F. The number of hydrogen-bond donors (Lipinski definition) is 2. The number of nitrogens with two attached hydrogens (primary N) is 1. The van der Waals surface area contributed by atoms with Crippen molar-refractivity contribution in [3.63, 3.8) is 0 Å². The molecule has 0 aliphatic rings. The van der Waals surface area contributed by atoms with E-state index in [1.807, 2.05) is 0 Å². The largest absolute Gasteiger partial charge is 0.489 e. The van der Waals surface area contributed by atoms with E-state index in [1.54, 1.807) is 13.8 Å². The Hall–Kier alpha value is -3.14. The second-order valence-corrected chi connectivity index (χ2v) is 7.19. The van der Waals surface area contributed by atoms with Gasteiger partial charge in [-0.15, -0.1) is 6.58 Å². The molecule has 2 heterocycles. The highest BCUT2D eigenvalue weighted by molar-refractivity contribution is 5.84.